The molecule has 0 bridgehead atoms. The van der Waals surface area contributed by atoms with Gasteiger partial charge in [-0.3, -0.25) is 4.99 Å². The molecule has 1 heterocycles. The second kappa shape index (κ2) is 6.32. The van der Waals surface area contributed by atoms with Gasteiger partial charge in [-0.05, 0) is 62.1 Å². The Morgan fingerprint density at radius 3 is 2.75 bits per heavy atom. The van der Waals surface area contributed by atoms with Crippen LogP contribution < -0.4 is 4.90 Å². The van der Waals surface area contributed by atoms with Crippen LogP contribution in [0.5, 0.6) is 0 Å². The van der Waals surface area contributed by atoms with Crippen LogP contribution in [0.15, 0.2) is 45.9 Å². The van der Waals surface area contributed by atoms with Gasteiger partial charge >= 0.3 is 0 Å². The highest BCUT2D eigenvalue weighted by Crippen LogP contribution is 2.43. The number of benzene rings is 2. The third-order valence-electron chi connectivity index (χ3n) is 4.91. The van der Waals surface area contributed by atoms with Crippen LogP contribution >= 0.6 is 15.9 Å². The van der Waals surface area contributed by atoms with Crippen LogP contribution in [0.25, 0.3) is 0 Å². The van der Waals surface area contributed by atoms with Gasteiger partial charge in [0.1, 0.15) is 5.82 Å². The molecule has 1 aliphatic rings. The van der Waals surface area contributed by atoms with E-state index in [9.17, 15) is 4.39 Å². The lowest BCUT2D eigenvalue weighted by Gasteiger charge is -2.45. The predicted molar refractivity (Wildman–Crippen MR) is 103 cm³/mol. The Morgan fingerprint density at radius 2 is 2.04 bits per heavy atom. The monoisotopic (exact) mass is 388 g/mol. The van der Waals surface area contributed by atoms with Crippen LogP contribution in [0, 0.1) is 5.82 Å². The van der Waals surface area contributed by atoms with Crippen LogP contribution in [-0.4, -0.2) is 18.8 Å². The molecule has 0 aliphatic carbocycles. The van der Waals surface area contributed by atoms with Crippen molar-refractivity contribution in [2.24, 2.45) is 4.99 Å². The third kappa shape index (κ3) is 3.25. The van der Waals surface area contributed by atoms with Crippen molar-refractivity contribution >= 4 is 33.5 Å². The standard InChI is InChI=1S/C20H22BrFN2/c1-13-11-20(2,3)24(4)19-10-18(22)14(8-17(13)19)12-23-16-7-5-6-15(21)9-16/h5-10,12-13H,11H2,1-4H3. The molecule has 4 heteroatoms. The summed E-state index contributed by atoms with van der Waals surface area (Å²) in [6.07, 6.45) is 2.66. The van der Waals surface area contributed by atoms with Crippen molar-refractivity contribution in [2.45, 2.75) is 38.6 Å². The van der Waals surface area contributed by atoms with Gasteiger partial charge in [-0.15, -0.1) is 0 Å². The zero-order valence-corrected chi connectivity index (χ0v) is 16.1. The average molecular weight is 389 g/mol. The lowest BCUT2D eigenvalue weighted by molar-refractivity contribution is 0.394. The van der Waals surface area contributed by atoms with Gasteiger partial charge in [0.25, 0.3) is 0 Å². The average Bonchev–Trinajstić information content (AvgIpc) is 2.51. The number of halogens is 2. The molecule has 1 aliphatic heterocycles. The quantitative estimate of drug-likeness (QED) is 0.570. The Balaban J connectivity index is 1.99. The van der Waals surface area contributed by atoms with E-state index in [4.69, 9.17) is 0 Å². The maximum absolute atomic E-state index is 14.6. The first-order chi connectivity index (χ1) is 11.3. The smallest absolute Gasteiger partial charge is 0.134 e. The molecule has 0 spiro atoms. The number of fused-ring (bicyclic) bond motifs is 1. The Morgan fingerprint density at radius 1 is 1.29 bits per heavy atom. The van der Waals surface area contributed by atoms with E-state index in [1.165, 1.54) is 5.56 Å². The van der Waals surface area contributed by atoms with Gasteiger partial charge in [0, 0.05) is 34.5 Å². The fourth-order valence-corrected chi connectivity index (χ4v) is 3.79. The molecule has 0 saturated carbocycles. The molecule has 2 aromatic rings. The summed E-state index contributed by atoms with van der Waals surface area (Å²) < 4.78 is 15.5. The molecular weight excluding hydrogens is 367 g/mol. The molecule has 0 N–H and O–H groups in total. The fraction of sp³-hybridized carbons (Fsp3) is 0.350. The van der Waals surface area contributed by atoms with Gasteiger partial charge in [0.15, 0.2) is 0 Å². The highest BCUT2D eigenvalue weighted by Gasteiger charge is 2.34. The van der Waals surface area contributed by atoms with Crippen molar-refractivity contribution in [3.05, 3.63) is 57.8 Å². The highest BCUT2D eigenvalue weighted by atomic mass is 79.9. The zero-order chi connectivity index (χ0) is 17.5. The summed E-state index contributed by atoms with van der Waals surface area (Å²) in [5.41, 5.74) is 3.54. The second-order valence-corrected chi connectivity index (χ2v) is 8.06. The molecule has 0 aromatic heterocycles. The Kier molecular flexibility index (Phi) is 4.52. The maximum Gasteiger partial charge on any atom is 0.134 e. The molecule has 24 heavy (non-hydrogen) atoms. The van der Waals surface area contributed by atoms with Crippen LogP contribution in [0.3, 0.4) is 0 Å². The van der Waals surface area contributed by atoms with E-state index in [0.717, 1.165) is 22.3 Å². The van der Waals surface area contributed by atoms with Crippen molar-refractivity contribution in [3.63, 3.8) is 0 Å². The Hall–Kier alpha value is -1.68. The molecule has 2 aromatic carbocycles. The predicted octanol–water partition coefficient (Wildman–Crippen LogP) is 6.06. The van der Waals surface area contributed by atoms with E-state index in [1.807, 2.05) is 37.4 Å². The normalized spacial score (nSPS) is 19.6. The molecular formula is C20H22BrFN2. The molecule has 2 nitrogen and oxygen atoms in total. The minimum Gasteiger partial charge on any atom is -0.369 e. The van der Waals surface area contributed by atoms with E-state index >= 15 is 0 Å². The van der Waals surface area contributed by atoms with Gasteiger partial charge in [0.2, 0.25) is 0 Å². The number of aliphatic imine (C=N–C) groups is 1. The van der Waals surface area contributed by atoms with Crippen LogP contribution in [0.4, 0.5) is 15.8 Å². The second-order valence-electron chi connectivity index (χ2n) is 7.15. The van der Waals surface area contributed by atoms with Crippen molar-refractivity contribution in [3.8, 4) is 0 Å². The lowest BCUT2D eigenvalue weighted by atomic mass is 9.80. The Bertz CT molecular complexity index is 798. The van der Waals surface area contributed by atoms with Crippen LogP contribution in [0.1, 0.15) is 44.2 Å². The molecule has 0 amide bonds. The third-order valence-corrected chi connectivity index (χ3v) is 5.41. The van der Waals surface area contributed by atoms with E-state index in [2.05, 4.69) is 46.6 Å². The SMILES string of the molecule is CC1CC(C)(C)N(C)c2cc(F)c(C=Nc3cccc(Br)c3)cc21. The molecule has 1 unspecified atom stereocenters. The number of hydrogen-bond donors (Lipinski definition) is 0. The molecule has 3 rings (SSSR count). The van der Waals surface area contributed by atoms with Gasteiger partial charge in [-0.2, -0.15) is 0 Å². The summed E-state index contributed by atoms with van der Waals surface area (Å²) in [4.78, 5) is 6.59. The van der Waals surface area contributed by atoms with E-state index in [0.29, 0.717) is 11.5 Å². The molecule has 0 radical (unpaired) electrons. The number of anilines is 1. The minimum absolute atomic E-state index is 0.0325. The molecule has 126 valence electrons. The van der Waals surface area contributed by atoms with E-state index in [-0.39, 0.29) is 11.4 Å². The minimum atomic E-state index is -0.232. The van der Waals surface area contributed by atoms with Crippen LogP contribution in [-0.2, 0) is 0 Å². The first-order valence-corrected chi connectivity index (χ1v) is 8.94. The first-order valence-electron chi connectivity index (χ1n) is 8.15. The summed E-state index contributed by atoms with van der Waals surface area (Å²) >= 11 is 3.42. The summed E-state index contributed by atoms with van der Waals surface area (Å²) in [7, 11) is 2.04. The summed E-state index contributed by atoms with van der Waals surface area (Å²) in [6.45, 7) is 6.61. The summed E-state index contributed by atoms with van der Waals surface area (Å²) in [5.74, 6) is 0.161. The van der Waals surface area contributed by atoms with E-state index < -0.39 is 0 Å². The van der Waals surface area contributed by atoms with Crippen molar-refractivity contribution in [1.82, 2.24) is 0 Å². The van der Waals surface area contributed by atoms with Gasteiger partial charge < -0.3 is 4.90 Å². The van der Waals surface area contributed by atoms with Crippen LogP contribution in [0.2, 0.25) is 0 Å². The number of hydrogen-bond acceptors (Lipinski definition) is 2. The van der Waals surface area contributed by atoms with Gasteiger partial charge in [-0.25, -0.2) is 4.39 Å². The van der Waals surface area contributed by atoms with Crippen molar-refractivity contribution in [2.75, 3.05) is 11.9 Å². The Labute approximate surface area is 151 Å². The molecule has 1 atom stereocenters. The van der Waals surface area contributed by atoms with Crippen molar-refractivity contribution < 1.29 is 4.39 Å². The zero-order valence-electron chi connectivity index (χ0n) is 14.5. The van der Waals surface area contributed by atoms with Crippen molar-refractivity contribution in [1.29, 1.82) is 0 Å². The largest absolute Gasteiger partial charge is 0.369 e. The molecule has 0 saturated heterocycles. The fourth-order valence-electron chi connectivity index (χ4n) is 3.40. The highest BCUT2D eigenvalue weighted by molar-refractivity contribution is 9.10. The number of rotatable bonds is 2. The first kappa shape index (κ1) is 17.2. The summed E-state index contributed by atoms with van der Waals surface area (Å²) in [6, 6.07) is 11.3. The van der Waals surface area contributed by atoms with E-state index in [1.54, 1.807) is 12.3 Å². The topological polar surface area (TPSA) is 15.6 Å². The van der Waals surface area contributed by atoms with Gasteiger partial charge in [-0.1, -0.05) is 28.9 Å². The maximum atomic E-state index is 14.6. The number of nitrogens with zero attached hydrogens (tertiary/aromatic N) is 2. The lowest BCUT2D eigenvalue weighted by Crippen LogP contribution is -2.45. The van der Waals surface area contributed by atoms with Gasteiger partial charge in [0.05, 0.1) is 5.69 Å². The molecule has 0 fully saturated rings. The summed E-state index contributed by atoms with van der Waals surface area (Å²) in [5, 5.41) is 0.